The van der Waals surface area contributed by atoms with Crippen molar-refractivity contribution in [2.24, 2.45) is 7.05 Å². The van der Waals surface area contributed by atoms with Crippen molar-refractivity contribution in [3.05, 3.63) is 41.9 Å². The van der Waals surface area contributed by atoms with Crippen LogP contribution in [0.25, 0.3) is 11.1 Å². The summed E-state index contributed by atoms with van der Waals surface area (Å²) in [6.07, 6.45) is 1.96. The second-order valence-electron chi connectivity index (χ2n) is 7.63. The van der Waals surface area contributed by atoms with Crippen LogP contribution in [0.3, 0.4) is 0 Å². The van der Waals surface area contributed by atoms with Gasteiger partial charge in [0, 0.05) is 37.3 Å². The maximum atomic E-state index is 5.86. The second-order valence-corrected chi connectivity index (χ2v) is 7.63. The molecule has 1 saturated heterocycles. The standard InChI is InChI=1S/C22H28N6O2/c1-14-5-7-17(16-6-8-18(29-3)19(13-16)30-4)21(24-14)28-11-9-15(10-12-28)20-25-26-22(23)27(20)2/h5-8,13,15H,9-12H2,1-4H3,(H2,23,26). The van der Waals surface area contributed by atoms with E-state index in [1.54, 1.807) is 14.2 Å². The summed E-state index contributed by atoms with van der Waals surface area (Å²) in [6, 6.07) is 10.2. The number of hydrogen-bond acceptors (Lipinski definition) is 7. The number of benzene rings is 1. The van der Waals surface area contributed by atoms with E-state index in [9.17, 15) is 0 Å². The molecule has 0 bridgehead atoms. The molecule has 30 heavy (non-hydrogen) atoms. The fourth-order valence-electron chi connectivity index (χ4n) is 4.07. The van der Waals surface area contributed by atoms with Crippen LogP contribution in [0.5, 0.6) is 11.5 Å². The van der Waals surface area contributed by atoms with E-state index in [1.807, 2.05) is 42.8 Å². The van der Waals surface area contributed by atoms with Crippen LogP contribution in [0.2, 0.25) is 0 Å². The highest BCUT2D eigenvalue weighted by atomic mass is 16.5. The third kappa shape index (κ3) is 3.65. The maximum Gasteiger partial charge on any atom is 0.221 e. The smallest absolute Gasteiger partial charge is 0.221 e. The first-order valence-electron chi connectivity index (χ1n) is 10.1. The van der Waals surface area contributed by atoms with E-state index in [0.717, 1.165) is 54.4 Å². The number of hydrogen-bond donors (Lipinski definition) is 1. The van der Waals surface area contributed by atoms with Crippen LogP contribution >= 0.6 is 0 Å². The summed E-state index contributed by atoms with van der Waals surface area (Å²) < 4.78 is 12.8. The summed E-state index contributed by atoms with van der Waals surface area (Å²) in [6.45, 7) is 3.82. The Hall–Kier alpha value is -3.29. The number of anilines is 2. The van der Waals surface area contributed by atoms with Crippen LogP contribution in [0.15, 0.2) is 30.3 Å². The molecule has 3 heterocycles. The van der Waals surface area contributed by atoms with Gasteiger partial charge in [0.25, 0.3) is 0 Å². The molecule has 8 nitrogen and oxygen atoms in total. The first-order valence-corrected chi connectivity index (χ1v) is 10.1. The summed E-state index contributed by atoms with van der Waals surface area (Å²) in [5.74, 6) is 4.20. The second kappa shape index (κ2) is 8.22. The fraction of sp³-hybridized carbons (Fsp3) is 0.409. The van der Waals surface area contributed by atoms with Crippen molar-refractivity contribution in [2.45, 2.75) is 25.7 Å². The zero-order valence-electron chi connectivity index (χ0n) is 17.9. The molecule has 0 spiro atoms. The molecule has 2 aromatic heterocycles. The van der Waals surface area contributed by atoms with Crippen molar-refractivity contribution >= 4 is 11.8 Å². The number of pyridine rings is 1. The van der Waals surface area contributed by atoms with Gasteiger partial charge in [-0.05, 0) is 49.6 Å². The first kappa shape index (κ1) is 20.0. The van der Waals surface area contributed by atoms with Crippen molar-refractivity contribution in [1.29, 1.82) is 0 Å². The molecule has 1 aromatic carbocycles. The van der Waals surface area contributed by atoms with Crippen LogP contribution in [-0.2, 0) is 7.05 Å². The number of ether oxygens (including phenoxy) is 2. The number of methoxy groups -OCH3 is 2. The van der Waals surface area contributed by atoms with Gasteiger partial charge in [-0.2, -0.15) is 0 Å². The van der Waals surface area contributed by atoms with Gasteiger partial charge in [0.1, 0.15) is 11.6 Å². The third-order valence-corrected chi connectivity index (χ3v) is 5.81. The lowest BCUT2D eigenvalue weighted by Crippen LogP contribution is -2.34. The molecule has 1 aliphatic heterocycles. The Morgan fingerprint density at radius 2 is 1.73 bits per heavy atom. The number of piperidine rings is 1. The highest BCUT2D eigenvalue weighted by Crippen LogP contribution is 2.38. The molecular weight excluding hydrogens is 380 g/mol. The number of aryl methyl sites for hydroxylation is 1. The van der Waals surface area contributed by atoms with Gasteiger partial charge >= 0.3 is 0 Å². The van der Waals surface area contributed by atoms with Gasteiger partial charge in [-0.3, -0.25) is 0 Å². The van der Waals surface area contributed by atoms with Gasteiger partial charge in [0.2, 0.25) is 5.95 Å². The lowest BCUT2D eigenvalue weighted by Gasteiger charge is -2.33. The molecule has 1 aliphatic rings. The van der Waals surface area contributed by atoms with Gasteiger partial charge in [-0.15, -0.1) is 10.2 Å². The Labute approximate surface area is 176 Å². The molecule has 0 radical (unpaired) electrons. The van der Waals surface area contributed by atoms with E-state index in [0.29, 0.717) is 23.4 Å². The normalized spacial score (nSPS) is 14.7. The van der Waals surface area contributed by atoms with Gasteiger partial charge < -0.3 is 24.7 Å². The van der Waals surface area contributed by atoms with Crippen molar-refractivity contribution in [3.63, 3.8) is 0 Å². The van der Waals surface area contributed by atoms with E-state index in [-0.39, 0.29) is 0 Å². The van der Waals surface area contributed by atoms with Gasteiger partial charge in [0.05, 0.1) is 14.2 Å². The summed E-state index contributed by atoms with van der Waals surface area (Å²) in [4.78, 5) is 7.25. The van der Waals surface area contributed by atoms with E-state index >= 15 is 0 Å². The summed E-state index contributed by atoms with van der Waals surface area (Å²) in [5, 5.41) is 8.29. The predicted molar refractivity (Wildman–Crippen MR) is 117 cm³/mol. The minimum absolute atomic E-state index is 0.352. The minimum Gasteiger partial charge on any atom is -0.493 e. The number of aromatic nitrogens is 4. The Balaban J connectivity index is 1.61. The van der Waals surface area contributed by atoms with Crippen LogP contribution in [-0.4, -0.2) is 47.1 Å². The van der Waals surface area contributed by atoms with Gasteiger partial charge in [0.15, 0.2) is 11.5 Å². The van der Waals surface area contributed by atoms with Gasteiger partial charge in [-0.1, -0.05) is 6.07 Å². The Morgan fingerprint density at radius 3 is 2.37 bits per heavy atom. The summed E-state index contributed by atoms with van der Waals surface area (Å²) >= 11 is 0. The monoisotopic (exact) mass is 408 g/mol. The molecule has 158 valence electrons. The molecule has 0 saturated carbocycles. The number of nitrogen functional groups attached to an aromatic ring is 1. The molecule has 4 rings (SSSR count). The average Bonchev–Trinajstić information content (AvgIpc) is 3.11. The average molecular weight is 409 g/mol. The maximum absolute atomic E-state index is 5.86. The lowest BCUT2D eigenvalue weighted by molar-refractivity contribution is 0.355. The van der Waals surface area contributed by atoms with E-state index in [4.69, 9.17) is 20.2 Å². The topological polar surface area (TPSA) is 91.3 Å². The number of nitrogens with zero attached hydrogens (tertiary/aromatic N) is 5. The van der Waals surface area contributed by atoms with Gasteiger partial charge in [-0.25, -0.2) is 4.98 Å². The molecule has 1 fully saturated rings. The predicted octanol–water partition coefficient (Wildman–Crippen LogP) is 3.17. The van der Waals surface area contributed by atoms with Crippen LogP contribution in [0.4, 0.5) is 11.8 Å². The highest BCUT2D eigenvalue weighted by molar-refractivity contribution is 5.78. The molecule has 0 atom stereocenters. The first-order chi connectivity index (χ1) is 14.5. The number of nitrogens with two attached hydrogens (primary N) is 1. The molecule has 0 aliphatic carbocycles. The molecule has 2 N–H and O–H groups in total. The zero-order chi connectivity index (χ0) is 21.3. The van der Waals surface area contributed by atoms with E-state index < -0.39 is 0 Å². The molecular formula is C22H28N6O2. The minimum atomic E-state index is 0.352. The Kier molecular flexibility index (Phi) is 5.48. The van der Waals surface area contributed by atoms with E-state index in [2.05, 4.69) is 21.2 Å². The van der Waals surface area contributed by atoms with Crippen molar-refractivity contribution < 1.29 is 9.47 Å². The highest BCUT2D eigenvalue weighted by Gasteiger charge is 2.27. The quantitative estimate of drug-likeness (QED) is 0.693. The Bertz CT molecular complexity index is 1040. The largest absolute Gasteiger partial charge is 0.493 e. The molecule has 8 heteroatoms. The summed E-state index contributed by atoms with van der Waals surface area (Å²) in [5.41, 5.74) is 9.00. The number of rotatable bonds is 5. The van der Waals surface area contributed by atoms with Crippen molar-refractivity contribution in [3.8, 4) is 22.6 Å². The van der Waals surface area contributed by atoms with Crippen LogP contribution in [0, 0.1) is 6.92 Å². The SMILES string of the molecule is COc1ccc(-c2ccc(C)nc2N2CCC(c3nnc(N)n3C)CC2)cc1OC. The zero-order valence-corrected chi connectivity index (χ0v) is 17.9. The molecule has 3 aromatic rings. The molecule has 0 unspecified atom stereocenters. The van der Waals surface area contributed by atoms with Crippen LogP contribution in [0.1, 0.15) is 30.3 Å². The third-order valence-electron chi connectivity index (χ3n) is 5.81. The van der Waals surface area contributed by atoms with Crippen LogP contribution < -0.4 is 20.1 Å². The Morgan fingerprint density at radius 1 is 1.00 bits per heavy atom. The van der Waals surface area contributed by atoms with Crippen molar-refractivity contribution in [2.75, 3.05) is 37.9 Å². The lowest BCUT2D eigenvalue weighted by atomic mass is 9.95. The van der Waals surface area contributed by atoms with Crippen molar-refractivity contribution in [1.82, 2.24) is 19.7 Å². The molecule has 0 amide bonds. The summed E-state index contributed by atoms with van der Waals surface area (Å²) in [7, 11) is 5.22. The fourth-order valence-corrected chi connectivity index (χ4v) is 4.07. The van der Waals surface area contributed by atoms with E-state index in [1.165, 1.54) is 0 Å².